The van der Waals surface area contributed by atoms with Crippen LogP contribution >= 0.6 is 0 Å². The number of hydrogen-bond acceptors (Lipinski definition) is 11. The molecule has 1 rings (SSSR count). The van der Waals surface area contributed by atoms with E-state index in [2.05, 4.69) is 51.1 Å². The highest BCUT2D eigenvalue weighted by Gasteiger charge is 2.37. The van der Waals surface area contributed by atoms with Crippen LogP contribution in [-0.4, -0.2) is 118 Å². The molecule has 0 radical (unpaired) electrons. The first-order chi connectivity index (χ1) is 34.1. The molecule has 1 fully saturated rings. The summed E-state index contributed by atoms with van der Waals surface area (Å²) in [6, 6.07) is -9.67. The normalized spacial score (nSPS) is 24.4. The van der Waals surface area contributed by atoms with Gasteiger partial charge in [-0.25, -0.2) is 4.79 Å². The van der Waals surface area contributed by atoms with Gasteiger partial charge in [0, 0.05) is 6.42 Å². The summed E-state index contributed by atoms with van der Waals surface area (Å²) < 4.78 is 6.01. The van der Waals surface area contributed by atoms with Gasteiger partial charge in [-0.2, -0.15) is 0 Å². The Kier molecular flexibility index (Phi) is 30.8. The van der Waals surface area contributed by atoms with E-state index in [9.17, 15) is 58.2 Å². The topological polar surface area (TPSA) is 305 Å². The molecule has 0 aromatic heterocycles. The Hall–Kier alpha value is -5.30. The number of nitrogens with one attached hydrogen (secondary N) is 7. The molecule has 73 heavy (non-hydrogen) atoms. The quantitative estimate of drug-likeness (QED) is 0.0453. The van der Waals surface area contributed by atoms with E-state index in [-0.39, 0.29) is 49.9 Å². The van der Waals surface area contributed by atoms with E-state index >= 15 is 0 Å². The van der Waals surface area contributed by atoms with Crippen LogP contribution in [-0.2, 0) is 52.7 Å². The number of carbonyl (C=O) groups excluding carboxylic acids is 8. The molecule has 1 saturated heterocycles. The number of carboxylic acid groups (broad SMARTS) is 2. The highest BCUT2D eigenvalue weighted by Crippen LogP contribution is 2.19. The van der Waals surface area contributed by atoms with E-state index in [1.54, 1.807) is 69.2 Å². The highest BCUT2D eigenvalue weighted by molar-refractivity contribution is 5.98. The van der Waals surface area contributed by atoms with Gasteiger partial charge in [-0.3, -0.25) is 43.2 Å². The van der Waals surface area contributed by atoms with Crippen LogP contribution in [0, 0.1) is 35.5 Å². The Bertz CT molecular complexity index is 1810. The van der Waals surface area contributed by atoms with E-state index in [0.717, 1.165) is 44.9 Å². The number of hydrogen-bond donors (Lipinski definition) is 9. The third kappa shape index (κ3) is 27.0. The van der Waals surface area contributed by atoms with Gasteiger partial charge in [-0.15, -0.1) is 0 Å². The van der Waals surface area contributed by atoms with E-state index in [1.807, 2.05) is 0 Å². The van der Waals surface area contributed by atoms with Crippen LogP contribution in [0.2, 0.25) is 0 Å². The molecule has 0 saturated carbocycles. The van der Waals surface area contributed by atoms with Crippen molar-refractivity contribution in [2.45, 2.75) is 241 Å². The number of unbranched alkanes of at least 4 members (excludes halogenated alkanes) is 6. The molecule has 9 N–H and O–H groups in total. The summed E-state index contributed by atoms with van der Waals surface area (Å²) >= 11 is 0. The van der Waals surface area contributed by atoms with E-state index in [1.165, 1.54) is 6.42 Å². The van der Waals surface area contributed by atoms with Crippen molar-refractivity contribution in [3.05, 3.63) is 0 Å². The number of aliphatic carboxylic acids is 2. The van der Waals surface area contributed by atoms with Gasteiger partial charge in [0.2, 0.25) is 41.4 Å². The largest absolute Gasteiger partial charge is 0.481 e. The Morgan fingerprint density at radius 2 is 0.904 bits per heavy atom. The number of carboxylic acids is 2. The van der Waals surface area contributed by atoms with Crippen molar-refractivity contribution in [1.82, 2.24) is 37.2 Å². The molecule has 0 aromatic rings. The van der Waals surface area contributed by atoms with Crippen LogP contribution in [0.5, 0.6) is 0 Å². The molecular weight excluding hydrogens is 943 g/mol. The standard InChI is InChI=1S/C53H93N7O13/c1-13-35(12)21-19-17-15-14-16-18-20-22-36-28-42(61)54-37(23-24-43(62)63)47(66)55-38(25-30(2)3)48(67)56-39(26-31(4)5)50(69)59-45(33(8)9)52(71)58-41(29-44(64)65)49(68)57-40(27-32(6)7)51(70)60-46(34(10)11)53(72)73-36/h30-41,45-46H,13-29H2,1-12H3,(H,54,61)(H,55,66)(H,56,67)(H,57,68)(H,58,71)(H,59,69)(H,60,70)(H,62,63)(H,64,65). The van der Waals surface area contributed by atoms with Crippen LogP contribution in [0.25, 0.3) is 0 Å². The summed E-state index contributed by atoms with van der Waals surface area (Å²) in [5.41, 5.74) is 0. The van der Waals surface area contributed by atoms with Crippen LogP contribution in [0.15, 0.2) is 0 Å². The molecule has 9 unspecified atom stereocenters. The SMILES string of the molecule is CCC(C)CCCCCCCCCC1CC(=O)NC(CCC(=O)O)C(=O)NC(CC(C)C)C(=O)NC(CC(C)C)C(=O)NC(C(C)C)C(=O)NC(CC(=O)O)C(=O)NC(CC(C)C)C(=O)NC(C(C)C)C(=O)O1. The van der Waals surface area contributed by atoms with Gasteiger partial charge in [0.1, 0.15) is 48.4 Å². The second kappa shape index (κ2) is 34.2. The molecular formula is C53H93N7O13. The summed E-state index contributed by atoms with van der Waals surface area (Å²) in [6.45, 7) is 21.8. The van der Waals surface area contributed by atoms with Gasteiger partial charge < -0.3 is 52.2 Å². The second-order valence-electron chi connectivity index (χ2n) is 22.1. The summed E-state index contributed by atoms with van der Waals surface area (Å²) in [4.78, 5) is 136. The predicted octanol–water partition coefficient (Wildman–Crippen LogP) is 5.04. The number of amides is 7. The molecule has 418 valence electrons. The minimum Gasteiger partial charge on any atom is -0.481 e. The van der Waals surface area contributed by atoms with Crippen molar-refractivity contribution >= 4 is 59.3 Å². The van der Waals surface area contributed by atoms with Gasteiger partial charge in [0.15, 0.2) is 0 Å². The molecule has 0 bridgehead atoms. The fourth-order valence-electron chi connectivity index (χ4n) is 8.50. The van der Waals surface area contributed by atoms with Gasteiger partial charge >= 0.3 is 17.9 Å². The summed E-state index contributed by atoms with van der Waals surface area (Å²) in [5.74, 6) is -10.5. The van der Waals surface area contributed by atoms with Crippen LogP contribution in [0.3, 0.4) is 0 Å². The Morgan fingerprint density at radius 3 is 1.34 bits per heavy atom. The van der Waals surface area contributed by atoms with Gasteiger partial charge in [0.05, 0.1) is 12.8 Å². The van der Waals surface area contributed by atoms with Crippen LogP contribution in [0.1, 0.15) is 192 Å². The first-order valence-corrected chi connectivity index (χ1v) is 26.9. The van der Waals surface area contributed by atoms with E-state index in [4.69, 9.17) is 4.74 Å². The van der Waals surface area contributed by atoms with Crippen molar-refractivity contribution in [3.63, 3.8) is 0 Å². The number of esters is 1. The lowest BCUT2D eigenvalue weighted by Crippen LogP contribution is -2.61. The van der Waals surface area contributed by atoms with E-state index in [0.29, 0.717) is 12.3 Å². The Labute approximate surface area is 434 Å². The molecule has 0 aromatic carbocycles. The Balaban J connectivity index is 3.90. The molecule has 20 heteroatoms. The molecule has 20 nitrogen and oxygen atoms in total. The number of rotatable bonds is 24. The zero-order valence-corrected chi connectivity index (χ0v) is 46.0. The zero-order valence-electron chi connectivity index (χ0n) is 46.0. The summed E-state index contributed by atoms with van der Waals surface area (Å²) in [7, 11) is 0. The average molecular weight is 1040 g/mol. The lowest BCUT2D eigenvalue weighted by Gasteiger charge is -2.29. The highest BCUT2D eigenvalue weighted by atomic mass is 16.5. The maximum absolute atomic E-state index is 14.1. The second-order valence-corrected chi connectivity index (χ2v) is 22.1. The lowest BCUT2D eigenvalue weighted by atomic mass is 9.98. The smallest absolute Gasteiger partial charge is 0.329 e. The molecule has 1 aliphatic heterocycles. The maximum atomic E-state index is 14.1. The van der Waals surface area contributed by atoms with Gasteiger partial charge in [-0.05, 0) is 74.0 Å². The van der Waals surface area contributed by atoms with Crippen molar-refractivity contribution in [2.24, 2.45) is 35.5 Å². The summed E-state index contributed by atoms with van der Waals surface area (Å²) in [6.07, 6.45) is 6.11. The van der Waals surface area contributed by atoms with Gasteiger partial charge in [0.25, 0.3) is 0 Å². The monoisotopic (exact) mass is 1040 g/mol. The van der Waals surface area contributed by atoms with Crippen LogP contribution in [0.4, 0.5) is 0 Å². The first-order valence-electron chi connectivity index (χ1n) is 26.9. The summed E-state index contributed by atoms with van der Waals surface area (Å²) in [5, 5.41) is 37.8. The third-order valence-corrected chi connectivity index (χ3v) is 12.9. The third-order valence-electron chi connectivity index (χ3n) is 12.9. The predicted molar refractivity (Wildman–Crippen MR) is 276 cm³/mol. The molecule has 9 atom stereocenters. The minimum atomic E-state index is -1.72. The first kappa shape index (κ1) is 65.7. The van der Waals surface area contributed by atoms with Crippen LogP contribution < -0.4 is 37.2 Å². The number of ether oxygens (including phenoxy) is 1. The van der Waals surface area contributed by atoms with Crippen molar-refractivity contribution in [3.8, 4) is 0 Å². The zero-order chi connectivity index (χ0) is 55.5. The fraction of sp³-hybridized carbons (Fsp3) is 0.811. The van der Waals surface area contributed by atoms with E-state index < -0.39 is 139 Å². The molecule has 7 amide bonds. The fourth-order valence-corrected chi connectivity index (χ4v) is 8.50. The number of cyclic esters (lactones) is 1. The van der Waals surface area contributed by atoms with Crippen molar-refractivity contribution in [1.29, 1.82) is 0 Å². The molecule has 1 aliphatic rings. The molecule has 0 spiro atoms. The molecule has 0 aliphatic carbocycles. The Morgan fingerprint density at radius 1 is 0.493 bits per heavy atom. The lowest BCUT2D eigenvalue weighted by molar-refractivity contribution is -0.156. The maximum Gasteiger partial charge on any atom is 0.329 e. The number of carbonyl (C=O) groups is 10. The van der Waals surface area contributed by atoms with Crippen molar-refractivity contribution in [2.75, 3.05) is 0 Å². The van der Waals surface area contributed by atoms with Crippen molar-refractivity contribution < 1.29 is 62.9 Å². The average Bonchev–Trinajstić information content (AvgIpc) is 3.27. The minimum absolute atomic E-state index is 0.0358. The van der Waals surface area contributed by atoms with Gasteiger partial charge in [-0.1, -0.05) is 134 Å². The molecule has 1 heterocycles.